The Balaban J connectivity index is 2.35. The molecule has 1 aromatic rings. The van der Waals surface area contributed by atoms with Gasteiger partial charge in [0, 0.05) is 19.5 Å². The second-order valence-electron chi connectivity index (χ2n) is 5.94. The molecule has 0 unspecified atom stereocenters. The van der Waals surface area contributed by atoms with Gasteiger partial charge < -0.3 is 10.1 Å². The third-order valence-corrected chi connectivity index (χ3v) is 4.85. The van der Waals surface area contributed by atoms with Crippen LogP contribution in [0.15, 0.2) is 29.2 Å². The standard InChI is InChI=1S/C17H28N2O4S/c1-4-23-15-7-9-16(10-8-15)24(21,22)19-13-11-17(20)18-12-5-6-14(2)3/h7-10,14,19H,4-6,11-13H2,1-3H3,(H,18,20). The maximum Gasteiger partial charge on any atom is 0.240 e. The number of ether oxygens (including phenoxy) is 1. The molecule has 0 saturated heterocycles. The van der Waals surface area contributed by atoms with Crippen molar-refractivity contribution in [3.8, 4) is 5.75 Å². The molecule has 2 N–H and O–H groups in total. The van der Waals surface area contributed by atoms with E-state index in [-0.39, 0.29) is 23.8 Å². The van der Waals surface area contributed by atoms with Gasteiger partial charge in [-0.3, -0.25) is 4.79 Å². The topological polar surface area (TPSA) is 84.5 Å². The van der Waals surface area contributed by atoms with Crippen molar-refractivity contribution in [2.45, 2.75) is 44.9 Å². The molecule has 1 aromatic carbocycles. The Morgan fingerprint density at radius 1 is 1.17 bits per heavy atom. The van der Waals surface area contributed by atoms with Crippen LogP contribution in [0.25, 0.3) is 0 Å². The highest BCUT2D eigenvalue weighted by atomic mass is 32.2. The number of hydrogen-bond donors (Lipinski definition) is 2. The lowest BCUT2D eigenvalue weighted by molar-refractivity contribution is -0.120. The van der Waals surface area contributed by atoms with Crippen molar-refractivity contribution in [1.82, 2.24) is 10.0 Å². The molecule has 0 aliphatic heterocycles. The average molecular weight is 356 g/mol. The number of rotatable bonds is 11. The van der Waals surface area contributed by atoms with Gasteiger partial charge in [0.05, 0.1) is 11.5 Å². The number of hydrogen-bond acceptors (Lipinski definition) is 4. The Labute approximate surface area is 145 Å². The van der Waals surface area contributed by atoms with Crippen molar-refractivity contribution in [1.29, 1.82) is 0 Å². The van der Waals surface area contributed by atoms with Crippen LogP contribution in [0.2, 0.25) is 0 Å². The molecule has 0 atom stereocenters. The summed E-state index contributed by atoms with van der Waals surface area (Å²) in [7, 11) is -3.61. The maximum atomic E-state index is 12.1. The number of sulfonamides is 1. The van der Waals surface area contributed by atoms with Crippen molar-refractivity contribution >= 4 is 15.9 Å². The van der Waals surface area contributed by atoms with E-state index in [1.165, 1.54) is 12.1 Å². The van der Waals surface area contributed by atoms with E-state index in [1.807, 2.05) is 6.92 Å². The van der Waals surface area contributed by atoms with Gasteiger partial charge in [0.1, 0.15) is 5.75 Å². The van der Waals surface area contributed by atoms with E-state index < -0.39 is 10.0 Å². The van der Waals surface area contributed by atoms with Gasteiger partial charge in [0.25, 0.3) is 0 Å². The molecule has 0 aliphatic carbocycles. The first-order chi connectivity index (χ1) is 11.3. The van der Waals surface area contributed by atoms with Crippen molar-refractivity contribution in [3.05, 3.63) is 24.3 Å². The smallest absolute Gasteiger partial charge is 0.240 e. The largest absolute Gasteiger partial charge is 0.494 e. The third-order valence-electron chi connectivity index (χ3n) is 3.37. The summed E-state index contributed by atoms with van der Waals surface area (Å²) >= 11 is 0. The van der Waals surface area contributed by atoms with E-state index in [9.17, 15) is 13.2 Å². The van der Waals surface area contributed by atoms with Crippen LogP contribution in [0.4, 0.5) is 0 Å². The predicted molar refractivity (Wildman–Crippen MR) is 94.5 cm³/mol. The monoisotopic (exact) mass is 356 g/mol. The van der Waals surface area contributed by atoms with Crippen LogP contribution in [-0.4, -0.2) is 34.0 Å². The Morgan fingerprint density at radius 3 is 2.42 bits per heavy atom. The molecule has 0 saturated carbocycles. The van der Waals surface area contributed by atoms with Crippen LogP contribution in [0.5, 0.6) is 5.75 Å². The second kappa shape index (κ2) is 10.3. The van der Waals surface area contributed by atoms with Gasteiger partial charge in [-0.25, -0.2) is 13.1 Å². The molecule has 7 heteroatoms. The van der Waals surface area contributed by atoms with Gasteiger partial charge in [0.15, 0.2) is 0 Å². The quantitative estimate of drug-likeness (QED) is 0.596. The lowest BCUT2D eigenvalue weighted by Crippen LogP contribution is -2.31. The number of carbonyl (C=O) groups is 1. The molecule has 24 heavy (non-hydrogen) atoms. The van der Waals surface area contributed by atoms with Crippen LogP contribution in [0, 0.1) is 5.92 Å². The zero-order valence-electron chi connectivity index (χ0n) is 14.7. The molecule has 0 spiro atoms. The van der Waals surface area contributed by atoms with Crippen molar-refractivity contribution in [2.75, 3.05) is 19.7 Å². The Kier molecular flexibility index (Phi) is 8.78. The van der Waals surface area contributed by atoms with Crippen LogP contribution in [0.3, 0.4) is 0 Å². The minimum Gasteiger partial charge on any atom is -0.494 e. The third kappa shape index (κ3) is 7.79. The molecule has 6 nitrogen and oxygen atoms in total. The minimum atomic E-state index is -3.61. The fraction of sp³-hybridized carbons (Fsp3) is 0.588. The van der Waals surface area contributed by atoms with E-state index in [2.05, 4.69) is 23.9 Å². The number of carbonyl (C=O) groups excluding carboxylic acids is 1. The van der Waals surface area contributed by atoms with Crippen LogP contribution in [-0.2, 0) is 14.8 Å². The first kappa shape index (κ1) is 20.4. The van der Waals surface area contributed by atoms with Gasteiger partial charge in [0.2, 0.25) is 15.9 Å². The molecule has 136 valence electrons. The highest BCUT2D eigenvalue weighted by Crippen LogP contribution is 2.15. The predicted octanol–water partition coefficient (Wildman–Crippen LogP) is 2.31. The summed E-state index contributed by atoms with van der Waals surface area (Å²) in [4.78, 5) is 11.8. The molecule has 0 aromatic heterocycles. The average Bonchev–Trinajstić information content (AvgIpc) is 2.52. The summed E-state index contributed by atoms with van der Waals surface area (Å²) in [5.41, 5.74) is 0. The maximum absolute atomic E-state index is 12.1. The highest BCUT2D eigenvalue weighted by molar-refractivity contribution is 7.89. The van der Waals surface area contributed by atoms with Gasteiger partial charge in [-0.05, 0) is 49.9 Å². The van der Waals surface area contributed by atoms with Gasteiger partial charge >= 0.3 is 0 Å². The highest BCUT2D eigenvalue weighted by Gasteiger charge is 2.14. The lowest BCUT2D eigenvalue weighted by atomic mass is 10.1. The lowest BCUT2D eigenvalue weighted by Gasteiger charge is -2.09. The Morgan fingerprint density at radius 2 is 1.83 bits per heavy atom. The molecule has 0 heterocycles. The summed E-state index contributed by atoms with van der Waals surface area (Å²) in [5, 5.41) is 2.80. The molecule has 0 aliphatic rings. The molecule has 0 bridgehead atoms. The van der Waals surface area contributed by atoms with Gasteiger partial charge in [-0.15, -0.1) is 0 Å². The van der Waals surface area contributed by atoms with Crippen LogP contribution < -0.4 is 14.8 Å². The Hall–Kier alpha value is -1.60. The van der Waals surface area contributed by atoms with E-state index in [0.29, 0.717) is 24.8 Å². The second-order valence-corrected chi connectivity index (χ2v) is 7.71. The summed E-state index contributed by atoms with van der Waals surface area (Å²) in [6, 6.07) is 6.19. The molecule has 0 radical (unpaired) electrons. The van der Waals surface area contributed by atoms with E-state index in [1.54, 1.807) is 12.1 Å². The van der Waals surface area contributed by atoms with Gasteiger partial charge in [-0.2, -0.15) is 0 Å². The molecular formula is C17H28N2O4S. The number of amides is 1. The SMILES string of the molecule is CCOc1ccc(S(=O)(=O)NCCC(=O)NCCCC(C)C)cc1. The molecular weight excluding hydrogens is 328 g/mol. The van der Waals surface area contributed by atoms with Crippen molar-refractivity contribution in [2.24, 2.45) is 5.92 Å². The number of benzene rings is 1. The zero-order valence-corrected chi connectivity index (χ0v) is 15.5. The van der Waals surface area contributed by atoms with E-state index in [4.69, 9.17) is 4.74 Å². The minimum absolute atomic E-state index is 0.0750. The van der Waals surface area contributed by atoms with E-state index >= 15 is 0 Å². The summed E-state index contributed by atoms with van der Waals surface area (Å²) in [6.45, 7) is 7.36. The fourth-order valence-electron chi connectivity index (χ4n) is 2.09. The summed E-state index contributed by atoms with van der Waals surface area (Å²) in [6.07, 6.45) is 2.11. The molecule has 1 rings (SSSR count). The summed E-state index contributed by atoms with van der Waals surface area (Å²) in [5.74, 6) is 1.09. The van der Waals surface area contributed by atoms with Crippen molar-refractivity contribution < 1.29 is 17.9 Å². The summed E-state index contributed by atoms with van der Waals surface area (Å²) < 4.78 is 32.0. The normalized spacial score (nSPS) is 11.5. The molecule has 1 amide bonds. The zero-order chi connectivity index (χ0) is 18.0. The van der Waals surface area contributed by atoms with Crippen LogP contribution in [0.1, 0.15) is 40.0 Å². The first-order valence-electron chi connectivity index (χ1n) is 8.34. The van der Waals surface area contributed by atoms with E-state index in [0.717, 1.165) is 12.8 Å². The Bertz CT molecular complexity index is 598. The fourth-order valence-corrected chi connectivity index (χ4v) is 3.12. The first-order valence-corrected chi connectivity index (χ1v) is 9.82. The molecule has 0 fully saturated rings. The number of nitrogens with one attached hydrogen (secondary N) is 2. The van der Waals surface area contributed by atoms with Crippen molar-refractivity contribution in [3.63, 3.8) is 0 Å². The van der Waals surface area contributed by atoms with Gasteiger partial charge in [-0.1, -0.05) is 13.8 Å². The van der Waals surface area contributed by atoms with Crippen LogP contribution >= 0.6 is 0 Å².